The maximum atomic E-state index is 12.8. The average molecular weight is 224 g/mol. The predicted octanol–water partition coefficient (Wildman–Crippen LogP) is 1.90. The zero-order valence-electron chi connectivity index (χ0n) is 9.37. The molecule has 0 aliphatic heterocycles. The Kier molecular flexibility index (Phi) is 3.23. The molecule has 0 amide bonds. The first kappa shape index (κ1) is 11.5. The van der Waals surface area contributed by atoms with Crippen LogP contribution in [-0.2, 0) is 4.74 Å². The first-order valence-electron chi connectivity index (χ1n) is 5.48. The van der Waals surface area contributed by atoms with Gasteiger partial charge in [-0.3, -0.25) is 11.3 Å². The van der Waals surface area contributed by atoms with E-state index in [0.29, 0.717) is 0 Å². The molecule has 1 fully saturated rings. The van der Waals surface area contributed by atoms with Crippen LogP contribution in [0.15, 0.2) is 24.3 Å². The lowest BCUT2D eigenvalue weighted by Crippen LogP contribution is -2.52. The fraction of sp³-hybridized carbons (Fsp3) is 0.500. The Morgan fingerprint density at radius 3 is 2.38 bits per heavy atom. The summed E-state index contributed by atoms with van der Waals surface area (Å²) in [5.41, 5.74) is 3.52. The molecule has 1 aromatic rings. The van der Waals surface area contributed by atoms with Crippen molar-refractivity contribution in [2.24, 2.45) is 5.84 Å². The second-order valence-corrected chi connectivity index (χ2v) is 4.27. The lowest BCUT2D eigenvalue weighted by atomic mass is 9.72. The average Bonchev–Trinajstić information content (AvgIpc) is 2.25. The van der Waals surface area contributed by atoms with E-state index in [1.54, 1.807) is 19.2 Å². The quantitative estimate of drug-likeness (QED) is 0.606. The summed E-state index contributed by atoms with van der Waals surface area (Å²) in [5.74, 6) is 5.35. The van der Waals surface area contributed by atoms with Gasteiger partial charge in [-0.2, -0.15) is 0 Å². The third kappa shape index (κ3) is 1.84. The largest absolute Gasteiger partial charge is 0.376 e. The van der Waals surface area contributed by atoms with E-state index in [1.165, 1.54) is 12.1 Å². The third-order valence-corrected chi connectivity index (χ3v) is 3.50. The Hall–Kier alpha value is -0.970. The van der Waals surface area contributed by atoms with Crippen molar-refractivity contribution in [2.75, 3.05) is 7.11 Å². The van der Waals surface area contributed by atoms with Crippen LogP contribution >= 0.6 is 0 Å². The normalized spacial score (nSPS) is 20.2. The molecule has 3 nitrogen and oxygen atoms in total. The zero-order chi connectivity index (χ0) is 11.6. The number of hydrogen-bond acceptors (Lipinski definition) is 3. The first-order chi connectivity index (χ1) is 7.72. The number of rotatable bonds is 4. The number of nitrogens with one attached hydrogen (secondary N) is 1. The van der Waals surface area contributed by atoms with Crippen LogP contribution in [0.25, 0.3) is 0 Å². The topological polar surface area (TPSA) is 47.3 Å². The smallest absolute Gasteiger partial charge is 0.123 e. The van der Waals surface area contributed by atoms with Gasteiger partial charge in [0.25, 0.3) is 0 Å². The first-order valence-corrected chi connectivity index (χ1v) is 5.48. The van der Waals surface area contributed by atoms with Crippen LogP contribution in [0.2, 0.25) is 0 Å². The van der Waals surface area contributed by atoms with Crippen LogP contribution in [0.1, 0.15) is 30.9 Å². The van der Waals surface area contributed by atoms with Gasteiger partial charge in [0, 0.05) is 7.11 Å². The van der Waals surface area contributed by atoms with Crippen molar-refractivity contribution in [3.8, 4) is 0 Å². The van der Waals surface area contributed by atoms with Crippen molar-refractivity contribution in [3.05, 3.63) is 35.6 Å². The van der Waals surface area contributed by atoms with E-state index in [4.69, 9.17) is 10.6 Å². The van der Waals surface area contributed by atoms with E-state index >= 15 is 0 Å². The third-order valence-electron chi connectivity index (χ3n) is 3.50. The second-order valence-electron chi connectivity index (χ2n) is 4.27. The number of ether oxygens (including phenoxy) is 1. The van der Waals surface area contributed by atoms with Crippen molar-refractivity contribution in [1.82, 2.24) is 5.43 Å². The van der Waals surface area contributed by atoms with E-state index in [1.807, 2.05) is 0 Å². The van der Waals surface area contributed by atoms with E-state index in [-0.39, 0.29) is 17.5 Å². The Morgan fingerprint density at radius 1 is 1.38 bits per heavy atom. The monoisotopic (exact) mass is 224 g/mol. The molecule has 1 atom stereocenters. The minimum atomic E-state index is -0.236. The molecule has 16 heavy (non-hydrogen) atoms. The highest BCUT2D eigenvalue weighted by Crippen LogP contribution is 2.44. The summed E-state index contributed by atoms with van der Waals surface area (Å²) in [7, 11) is 1.70. The highest BCUT2D eigenvalue weighted by Gasteiger charge is 2.44. The number of hydrazine groups is 1. The van der Waals surface area contributed by atoms with Crippen LogP contribution < -0.4 is 11.3 Å². The van der Waals surface area contributed by atoms with E-state index in [9.17, 15) is 4.39 Å². The SMILES string of the molecule is COC1(C(NN)c2ccc(F)cc2)CCC1. The van der Waals surface area contributed by atoms with Gasteiger partial charge in [0.05, 0.1) is 11.6 Å². The van der Waals surface area contributed by atoms with Gasteiger partial charge in [-0.1, -0.05) is 12.1 Å². The van der Waals surface area contributed by atoms with Crippen molar-refractivity contribution in [3.63, 3.8) is 0 Å². The van der Waals surface area contributed by atoms with Gasteiger partial charge in [-0.15, -0.1) is 0 Å². The van der Waals surface area contributed by atoms with E-state index in [0.717, 1.165) is 24.8 Å². The zero-order valence-corrected chi connectivity index (χ0v) is 9.37. The summed E-state index contributed by atoms with van der Waals surface area (Å²) in [6.45, 7) is 0. The number of hydrogen-bond donors (Lipinski definition) is 2. The van der Waals surface area contributed by atoms with Gasteiger partial charge in [-0.25, -0.2) is 4.39 Å². The molecule has 1 saturated carbocycles. The molecule has 1 aliphatic carbocycles. The summed E-state index contributed by atoms with van der Waals surface area (Å²) in [6.07, 6.45) is 3.11. The van der Waals surface area contributed by atoms with Crippen LogP contribution in [0.4, 0.5) is 4.39 Å². The molecule has 0 spiro atoms. The summed E-state index contributed by atoms with van der Waals surface area (Å²) in [6, 6.07) is 6.31. The maximum Gasteiger partial charge on any atom is 0.123 e. The van der Waals surface area contributed by atoms with Gasteiger partial charge in [0.2, 0.25) is 0 Å². The van der Waals surface area contributed by atoms with Crippen molar-refractivity contribution in [2.45, 2.75) is 30.9 Å². The highest BCUT2D eigenvalue weighted by atomic mass is 19.1. The molecular weight excluding hydrogens is 207 g/mol. The molecular formula is C12H17FN2O. The molecule has 1 aliphatic rings. The van der Waals surface area contributed by atoms with Crippen LogP contribution in [0.3, 0.4) is 0 Å². The summed E-state index contributed by atoms with van der Waals surface area (Å²) in [4.78, 5) is 0. The molecule has 88 valence electrons. The van der Waals surface area contributed by atoms with Crippen LogP contribution in [0.5, 0.6) is 0 Å². The van der Waals surface area contributed by atoms with E-state index < -0.39 is 0 Å². The van der Waals surface area contributed by atoms with Gasteiger partial charge < -0.3 is 4.74 Å². The Bertz CT molecular complexity index is 343. The lowest BCUT2D eigenvalue weighted by molar-refractivity contribution is -0.0999. The fourth-order valence-electron chi connectivity index (χ4n) is 2.34. The van der Waals surface area contributed by atoms with E-state index in [2.05, 4.69) is 5.43 Å². The number of methoxy groups -OCH3 is 1. The molecule has 1 unspecified atom stereocenters. The molecule has 0 saturated heterocycles. The molecule has 3 N–H and O–H groups in total. The Labute approximate surface area is 94.8 Å². The summed E-state index contributed by atoms with van der Waals surface area (Å²) < 4.78 is 18.4. The molecule has 2 rings (SSSR count). The maximum absolute atomic E-state index is 12.8. The number of halogens is 1. The summed E-state index contributed by atoms with van der Waals surface area (Å²) >= 11 is 0. The van der Waals surface area contributed by atoms with Gasteiger partial charge in [-0.05, 0) is 37.0 Å². The van der Waals surface area contributed by atoms with Gasteiger partial charge in [0.15, 0.2) is 0 Å². The van der Waals surface area contributed by atoms with Gasteiger partial charge in [0.1, 0.15) is 5.82 Å². The Morgan fingerprint density at radius 2 is 2.00 bits per heavy atom. The van der Waals surface area contributed by atoms with Crippen LogP contribution in [-0.4, -0.2) is 12.7 Å². The molecule has 4 heteroatoms. The second kappa shape index (κ2) is 4.49. The minimum absolute atomic E-state index is 0.0770. The van der Waals surface area contributed by atoms with Crippen molar-refractivity contribution < 1.29 is 9.13 Å². The Balaban J connectivity index is 2.25. The molecule has 0 aromatic heterocycles. The van der Waals surface area contributed by atoms with Crippen LogP contribution in [0, 0.1) is 5.82 Å². The standard InChI is InChI=1S/C12H17FN2O/c1-16-12(7-2-8-12)11(15-14)9-3-5-10(13)6-4-9/h3-6,11,15H,2,7-8,14H2,1H3. The fourth-order valence-corrected chi connectivity index (χ4v) is 2.34. The number of benzene rings is 1. The minimum Gasteiger partial charge on any atom is -0.376 e. The molecule has 1 aromatic carbocycles. The molecule has 0 heterocycles. The van der Waals surface area contributed by atoms with Gasteiger partial charge >= 0.3 is 0 Å². The number of nitrogens with two attached hydrogens (primary N) is 1. The van der Waals surface area contributed by atoms with Crippen molar-refractivity contribution >= 4 is 0 Å². The molecule has 0 bridgehead atoms. The van der Waals surface area contributed by atoms with Crippen molar-refractivity contribution in [1.29, 1.82) is 0 Å². The lowest BCUT2D eigenvalue weighted by Gasteiger charge is -2.46. The molecule has 0 radical (unpaired) electrons. The summed E-state index contributed by atoms with van der Waals surface area (Å²) in [5, 5.41) is 0. The highest BCUT2D eigenvalue weighted by molar-refractivity contribution is 5.24. The predicted molar refractivity (Wildman–Crippen MR) is 60.1 cm³/mol.